The number of sulfonamides is 1. The van der Waals surface area contributed by atoms with E-state index in [1.165, 1.54) is 19.4 Å². The van der Waals surface area contributed by atoms with E-state index in [1.54, 1.807) is 18.3 Å². The van der Waals surface area contributed by atoms with Crippen molar-refractivity contribution < 1.29 is 21.9 Å². The second-order valence-electron chi connectivity index (χ2n) is 8.91. The molecule has 0 saturated carbocycles. The Morgan fingerprint density at radius 3 is 2.68 bits per heavy atom. The van der Waals surface area contributed by atoms with E-state index in [1.807, 2.05) is 7.05 Å². The number of ether oxygens (including phenoxy) is 1. The van der Waals surface area contributed by atoms with Crippen molar-refractivity contribution in [2.24, 2.45) is 0 Å². The van der Waals surface area contributed by atoms with Crippen LogP contribution in [0.4, 0.5) is 20.4 Å². The maximum absolute atomic E-state index is 15.6. The number of anilines is 2. The summed E-state index contributed by atoms with van der Waals surface area (Å²) in [6.07, 6.45) is 3.77. The topological polar surface area (TPSA) is 109 Å². The highest BCUT2D eigenvalue weighted by Gasteiger charge is 2.25. The number of pyridine rings is 1. The highest BCUT2D eigenvalue weighted by molar-refractivity contribution is 7.92. The first-order valence-corrected chi connectivity index (χ1v) is 13.4. The fourth-order valence-corrected chi connectivity index (χ4v) is 5.77. The first-order valence-electron chi connectivity index (χ1n) is 11.6. The number of halogens is 3. The van der Waals surface area contributed by atoms with Crippen LogP contribution < -0.4 is 14.8 Å². The van der Waals surface area contributed by atoms with Crippen LogP contribution in [0.25, 0.3) is 22.0 Å². The summed E-state index contributed by atoms with van der Waals surface area (Å²) in [5.74, 6) is -1.71. The molecule has 0 bridgehead atoms. The van der Waals surface area contributed by atoms with E-state index in [4.69, 9.17) is 16.3 Å². The molecule has 1 fully saturated rings. The van der Waals surface area contributed by atoms with Crippen LogP contribution in [0.2, 0.25) is 5.02 Å². The van der Waals surface area contributed by atoms with Crippen molar-refractivity contribution in [2.45, 2.75) is 17.4 Å². The minimum Gasteiger partial charge on any atom is -0.480 e. The van der Waals surface area contributed by atoms with E-state index in [9.17, 15) is 12.8 Å². The number of likely N-dealkylation sites (N-methyl/N-ethyl adjacent to an activating group) is 1. The molecular formula is C25H23ClF2N6O3S. The van der Waals surface area contributed by atoms with Gasteiger partial charge in [-0.3, -0.25) is 4.72 Å². The first-order chi connectivity index (χ1) is 18.1. The Kier molecular flexibility index (Phi) is 7.03. The van der Waals surface area contributed by atoms with Crippen LogP contribution in [0, 0.1) is 11.6 Å². The zero-order valence-corrected chi connectivity index (χ0v) is 21.9. The fraction of sp³-hybridized carbons (Fsp3) is 0.240. The summed E-state index contributed by atoms with van der Waals surface area (Å²) in [7, 11) is -1.09. The molecule has 0 radical (unpaired) electrons. The second kappa shape index (κ2) is 10.3. The molecule has 1 aliphatic rings. The van der Waals surface area contributed by atoms with Crippen molar-refractivity contribution in [3.8, 4) is 17.0 Å². The molecule has 2 aromatic heterocycles. The third-order valence-corrected chi connectivity index (χ3v) is 7.76. The van der Waals surface area contributed by atoms with Crippen molar-refractivity contribution in [1.82, 2.24) is 19.9 Å². The SMILES string of the molecule is COc1ncc(Cl)cc1S(=O)(=O)Nc1ccc(F)c(-c2ccc3nc(NC4CCN(C)C4)ncc3c2)c1F. The predicted molar refractivity (Wildman–Crippen MR) is 141 cm³/mol. The van der Waals surface area contributed by atoms with E-state index in [2.05, 4.69) is 29.9 Å². The summed E-state index contributed by atoms with van der Waals surface area (Å²) < 4.78 is 63.5. The molecule has 13 heteroatoms. The molecule has 0 aliphatic carbocycles. The number of hydrogen-bond acceptors (Lipinski definition) is 8. The Labute approximate surface area is 222 Å². The number of nitrogens with zero attached hydrogens (tertiary/aromatic N) is 4. The van der Waals surface area contributed by atoms with Gasteiger partial charge in [0.05, 0.1) is 28.9 Å². The summed E-state index contributed by atoms with van der Waals surface area (Å²) >= 11 is 5.90. The molecule has 5 rings (SSSR count). The van der Waals surface area contributed by atoms with Gasteiger partial charge in [-0.15, -0.1) is 0 Å². The van der Waals surface area contributed by atoms with Gasteiger partial charge in [0, 0.05) is 30.4 Å². The standard InChI is InChI=1S/C25H23ClF2N6O3S/c1-34-8-7-17(13-34)31-25-30-11-15-9-14(3-5-19(15)32-25)22-18(27)4-6-20(23(22)28)33-38(35,36)21-10-16(26)12-29-24(21)37-2/h3-6,9-12,17,33H,7-8,13H2,1-2H3,(H,30,31,32). The van der Waals surface area contributed by atoms with Gasteiger partial charge in [0.2, 0.25) is 11.8 Å². The Bertz CT molecular complexity index is 1640. The molecule has 3 heterocycles. The molecule has 0 amide bonds. The Hall–Kier alpha value is -3.61. The van der Waals surface area contributed by atoms with Crippen molar-refractivity contribution >= 4 is 44.2 Å². The van der Waals surface area contributed by atoms with E-state index in [-0.39, 0.29) is 22.5 Å². The molecule has 2 aromatic carbocycles. The van der Waals surface area contributed by atoms with Gasteiger partial charge in [0.25, 0.3) is 10.0 Å². The smallest absolute Gasteiger partial charge is 0.267 e. The molecular weight excluding hydrogens is 538 g/mol. The number of aromatic nitrogens is 3. The average molecular weight is 561 g/mol. The average Bonchev–Trinajstić information content (AvgIpc) is 3.30. The van der Waals surface area contributed by atoms with Crippen LogP contribution in [-0.4, -0.2) is 61.6 Å². The monoisotopic (exact) mass is 560 g/mol. The summed E-state index contributed by atoms with van der Waals surface area (Å²) in [4.78, 5) is 14.5. The van der Waals surface area contributed by atoms with E-state index in [0.717, 1.165) is 37.7 Å². The minimum absolute atomic E-state index is 0.0405. The van der Waals surface area contributed by atoms with Gasteiger partial charge in [-0.05, 0) is 55.9 Å². The molecule has 2 N–H and O–H groups in total. The quantitative estimate of drug-likeness (QED) is 0.339. The van der Waals surface area contributed by atoms with E-state index < -0.39 is 37.8 Å². The molecule has 1 unspecified atom stereocenters. The molecule has 9 nitrogen and oxygen atoms in total. The third-order valence-electron chi connectivity index (χ3n) is 6.20. The lowest BCUT2D eigenvalue weighted by Gasteiger charge is -2.15. The molecule has 1 atom stereocenters. The minimum atomic E-state index is -4.38. The van der Waals surface area contributed by atoms with Gasteiger partial charge in [-0.25, -0.2) is 32.2 Å². The van der Waals surface area contributed by atoms with Crippen LogP contribution in [-0.2, 0) is 10.0 Å². The number of rotatable bonds is 7. The number of nitrogens with one attached hydrogen (secondary N) is 2. The van der Waals surface area contributed by atoms with Crippen molar-refractivity contribution in [1.29, 1.82) is 0 Å². The number of likely N-dealkylation sites (tertiary alicyclic amines) is 1. The van der Waals surface area contributed by atoms with Crippen molar-refractivity contribution in [3.05, 3.63) is 65.4 Å². The van der Waals surface area contributed by atoms with Crippen LogP contribution in [0.3, 0.4) is 0 Å². The summed E-state index contributed by atoms with van der Waals surface area (Å²) in [6.45, 7) is 1.88. The predicted octanol–water partition coefficient (Wildman–Crippen LogP) is 4.55. The van der Waals surface area contributed by atoms with Crippen LogP contribution in [0.1, 0.15) is 6.42 Å². The van der Waals surface area contributed by atoms with Gasteiger partial charge >= 0.3 is 0 Å². The van der Waals surface area contributed by atoms with Gasteiger partial charge in [-0.2, -0.15) is 0 Å². The first kappa shape index (κ1) is 26.0. The van der Waals surface area contributed by atoms with Gasteiger partial charge in [-0.1, -0.05) is 17.7 Å². The van der Waals surface area contributed by atoms with Crippen molar-refractivity contribution in [3.63, 3.8) is 0 Å². The molecule has 4 aromatic rings. The number of fused-ring (bicyclic) bond motifs is 1. The fourth-order valence-electron chi connectivity index (χ4n) is 4.34. The summed E-state index contributed by atoms with van der Waals surface area (Å²) in [6, 6.07) is 8.05. The van der Waals surface area contributed by atoms with Gasteiger partial charge < -0.3 is 15.0 Å². The molecule has 1 saturated heterocycles. The number of hydrogen-bond donors (Lipinski definition) is 2. The third kappa shape index (κ3) is 5.19. The second-order valence-corrected chi connectivity index (χ2v) is 11.0. The normalized spacial score (nSPS) is 16.1. The Balaban J connectivity index is 1.46. The molecule has 1 aliphatic heterocycles. The zero-order valence-electron chi connectivity index (χ0n) is 20.4. The zero-order chi connectivity index (χ0) is 27.0. The number of benzene rings is 2. The molecule has 198 valence electrons. The Morgan fingerprint density at radius 1 is 1.13 bits per heavy atom. The number of methoxy groups -OCH3 is 1. The summed E-state index contributed by atoms with van der Waals surface area (Å²) in [5, 5.41) is 3.92. The lowest BCUT2D eigenvalue weighted by Crippen LogP contribution is -2.24. The van der Waals surface area contributed by atoms with Gasteiger partial charge in [0.15, 0.2) is 10.7 Å². The highest BCUT2D eigenvalue weighted by Crippen LogP contribution is 2.34. The van der Waals surface area contributed by atoms with Crippen LogP contribution in [0.5, 0.6) is 5.88 Å². The largest absolute Gasteiger partial charge is 0.480 e. The van der Waals surface area contributed by atoms with Gasteiger partial charge in [0.1, 0.15) is 5.82 Å². The van der Waals surface area contributed by atoms with E-state index in [0.29, 0.717) is 16.9 Å². The Morgan fingerprint density at radius 2 is 1.95 bits per heavy atom. The van der Waals surface area contributed by atoms with Crippen LogP contribution in [0.15, 0.2) is 53.7 Å². The molecule has 0 spiro atoms. The lowest BCUT2D eigenvalue weighted by atomic mass is 10.0. The van der Waals surface area contributed by atoms with E-state index >= 15 is 4.39 Å². The maximum Gasteiger partial charge on any atom is 0.267 e. The summed E-state index contributed by atoms with van der Waals surface area (Å²) in [5.41, 5.74) is -0.0755. The highest BCUT2D eigenvalue weighted by atomic mass is 35.5. The van der Waals surface area contributed by atoms with Crippen molar-refractivity contribution in [2.75, 3.05) is 37.3 Å². The molecule has 38 heavy (non-hydrogen) atoms. The van der Waals surface area contributed by atoms with Crippen LogP contribution >= 0.6 is 11.6 Å². The lowest BCUT2D eigenvalue weighted by molar-refractivity contribution is 0.385. The maximum atomic E-state index is 15.6.